The zero-order valence-corrected chi connectivity index (χ0v) is 19.4. The van der Waals surface area contributed by atoms with Crippen LogP contribution < -0.4 is 10.6 Å². The van der Waals surface area contributed by atoms with E-state index < -0.39 is 0 Å². The predicted octanol–water partition coefficient (Wildman–Crippen LogP) is 4.30. The first kappa shape index (κ1) is 24.3. The van der Waals surface area contributed by atoms with Gasteiger partial charge in [0, 0.05) is 38.9 Å². The quantitative estimate of drug-likeness (QED) is 0.185. The minimum Gasteiger partial charge on any atom is -0.357 e. The molecule has 0 spiro atoms. The van der Waals surface area contributed by atoms with Gasteiger partial charge in [-0.2, -0.15) is 0 Å². The van der Waals surface area contributed by atoms with Gasteiger partial charge in [0.25, 0.3) is 0 Å². The van der Waals surface area contributed by atoms with Crippen molar-refractivity contribution in [1.82, 2.24) is 15.1 Å². The zero-order chi connectivity index (χ0) is 19.5. The summed E-state index contributed by atoms with van der Waals surface area (Å²) in [5, 5.41) is 6.33. The molecule has 1 saturated heterocycles. The number of aliphatic imine (C=N–C) groups is 1. The average molecular weight is 499 g/mol. The number of allylic oxidation sites excluding steroid dienone is 1. The number of urea groups is 1. The highest BCUT2D eigenvalue weighted by atomic mass is 127. The van der Waals surface area contributed by atoms with Crippen LogP contribution in [0.15, 0.2) is 41.9 Å². The highest BCUT2D eigenvalue weighted by Gasteiger charge is 2.17. The van der Waals surface area contributed by atoms with Crippen LogP contribution in [-0.4, -0.2) is 55.0 Å². The van der Waals surface area contributed by atoms with Gasteiger partial charge in [-0.25, -0.2) is 9.79 Å². The van der Waals surface area contributed by atoms with Crippen LogP contribution in [0.5, 0.6) is 0 Å². The normalized spacial score (nSPS) is 13.6. The number of hydrogen-bond donors (Lipinski definition) is 2. The molecule has 1 aromatic rings. The lowest BCUT2D eigenvalue weighted by atomic mass is 10.2. The van der Waals surface area contributed by atoms with Gasteiger partial charge in [-0.05, 0) is 50.3 Å². The van der Waals surface area contributed by atoms with Gasteiger partial charge in [-0.15, -0.1) is 30.6 Å². The Balaban J connectivity index is 0.00000392. The number of unbranched alkanes of at least 4 members (excludes halogenated alkanes) is 1. The molecule has 28 heavy (non-hydrogen) atoms. The molecule has 1 aromatic carbocycles. The van der Waals surface area contributed by atoms with Crippen LogP contribution in [0.4, 0.5) is 10.5 Å². The number of likely N-dealkylation sites (tertiary alicyclic amines) is 1. The summed E-state index contributed by atoms with van der Waals surface area (Å²) in [6.07, 6.45) is 6.19. The Hall–Kier alpha value is -1.77. The fourth-order valence-corrected chi connectivity index (χ4v) is 3.08. The first-order valence-electron chi connectivity index (χ1n) is 9.89. The SMILES string of the molecule is C=CCCCN(C)C(=NCc1cccc(NC(=O)N2CCCC2)c1)NCC.I. The molecule has 0 saturated carbocycles. The number of benzene rings is 1. The van der Waals surface area contributed by atoms with E-state index in [2.05, 4.69) is 36.1 Å². The Morgan fingerprint density at radius 3 is 2.79 bits per heavy atom. The Morgan fingerprint density at radius 2 is 2.11 bits per heavy atom. The summed E-state index contributed by atoms with van der Waals surface area (Å²) in [4.78, 5) is 21.0. The Bertz CT molecular complexity index is 643. The van der Waals surface area contributed by atoms with Crippen molar-refractivity contribution in [2.75, 3.05) is 38.5 Å². The lowest BCUT2D eigenvalue weighted by Gasteiger charge is -2.22. The number of rotatable bonds is 8. The topological polar surface area (TPSA) is 60.0 Å². The number of amides is 2. The summed E-state index contributed by atoms with van der Waals surface area (Å²) in [5.74, 6) is 0.896. The zero-order valence-electron chi connectivity index (χ0n) is 17.1. The van der Waals surface area contributed by atoms with Gasteiger partial charge in [-0.3, -0.25) is 0 Å². The van der Waals surface area contributed by atoms with Crippen LogP contribution in [0.3, 0.4) is 0 Å². The number of carbonyl (C=O) groups excluding carboxylic acids is 1. The summed E-state index contributed by atoms with van der Waals surface area (Å²) in [5.41, 5.74) is 1.90. The van der Waals surface area contributed by atoms with Crippen LogP contribution >= 0.6 is 24.0 Å². The number of anilines is 1. The van der Waals surface area contributed by atoms with Crippen LogP contribution in [0.25, 0.3) is 0 Å². The maximum atomic E-state index is 12.3. The standard InChI is InChI=1S/C21H33N5O.HI/c1-4-6-7-13-25(3)20(22-5-2)23-17-18-11-10-12-19(16-18)24-21(27)26-14-8-9-15-26;/h4,10-12,16H,1,5-9,13-15,17H2,2-3H3,(H,22,23)(H,24,27);1H. The molecule has 2 rings (SSSR count). The summed E-state index contributed by atoms with van der Waals surface area (Å²) in [6.45, 7) is 9.87. The molecular weight excluding hydrogens is 465 g/mol. The minimum atomic E-state index is -0.0107. The number of halogens is 1. The highest BCUT2D eigenvalue weighted by Crippen LogP contribution is 2.15. The van der Waals surface area contributed by atoms with Crippen molar-refractivity contribution in [2.24, 2.45) is 4.99 Å². The van der Waals surface area contributed by atoms with Gasteiger partial charge in [0.15, 0.2) is 5.96 Å². The van der Waals surface area contributed by atoms with E-state index in [1.165, 1.54) is 0 Å². The first-order chi connectivity index (χ1) is 13.1. The first-order valence-corrected chi connectivity index (χ1v) is 9.89. The largest absolute Gasteiger partial charge is 0.357 e. The van der Waals surface area contributed by atoms with E-state index in [1.54, 1.807) is 0 Å². The smallest absolute Gasteiger partial charge is 0.321 e. The van der Waals surface area contributed by atoms with E-state index in [0.29, 0.717) is 6.54 Å². The minimum absolute atomic E-state index is 0. The second-order valence-corrected chi connectivity index (χ2v) is 6.85. The van der Waals surface area contributed by atoms with E-state index in [-0.39, 0.29) is 30.0 Å². The fourth-order valence-electron chi connectivity index (χ4n) is 3.08. The van der Waals surface area contributed by atoms with Crippen LogP contribution in [0, 0.1) is 0 Å². The molecule has 0 aromatic heterocycles. The average Bonchev–Trinajstić information content (AvgIpc) is 3.20. The monoisotopic (exact) mass is 499 g/mol. The van der Waals surface area contributed by atoms with Crippen molar-refractivity contribution < 1.29 is 4.79 Å². The molecule has 1 aliphatic heterocycles. The highest BCUT2D eigenvalue weighted by molar-refractivity contribution is 14.0. The molecule has 0 atom stereocenters. The molecule has 0 unspecified atom stereocenters. The number of nitrogens with one attached hydrogen (secondary N) is 2. The molecular formula is C21H34IN5O. The van der Waals surface area contributed by atoms with E-state index in [1.807, 2.05) is 35.2 Å². The van der Waals surface area contributed by atoms with E-state index in [4.69, 9.17) is 4.99 Å². The van der Waals surface area contributed by atoms with Crippen molar-refractivity contribution in [3.05, 3.63) is 42.5 Å². The Morgan fingerprint density at radius 1 is 1.36 bits per heavy atom. The van der Waals surface area contributed by atoms with Crippen molar-refractivity contribution >= 4 is 41.7 Å². The van der Waals surface area contributed by atoms with Crippen LogP contribution in [-0.2, 0) is 6.54 Å². The number of nitrogens with zero attached hydrogens (tertiary/aromatic N) is 3. The van der Waals surface area contributed by atoms with Crippen LogP contribution in [0.1, 0.15) is 38.2 Å². The maximum Gasteiger partial charge on any atom is 0.321 e. The molecule has 7 heteroatoms. The predicted molar refractivity (Wildman–Crippen MR) is 129 cm³/mol. The van der Waals surface area contributed by atoms with E-state index >= 15 is 0 Å². The fraction of sp³-hybridized carbons (Fsp3) is 0.524. The molecule has 0 radical (unpaired) electrons. The van der Waals surface area contributed by atoms with Crippen molar-refractivity contribution in [2.45, 2.75) is 39.2 Å². The molecule has 2 amide bonds. The second kappa shape index (κ2) is 13.4. The van der Waals surface area contributed by atoms with Crippen molar-refractivity contribution in [1.29, 1.82) is 0 Å². The van der Waals surface area contributed by atoms with E-state index in [9.17, 15) is 4.79 Å². The van der Waals surface area contributed by atoms with Gasteiger partial charge in [-0.1, -0.05) is 18.2 Å². The maximum absolute atomic E-state index is 12.3. The molecule has 156 valence electrons. The van der Waals surface area contributed by atoms with Crippen molar-refractivity contribution in [3.63, 3.8) is 0 Å². The molecule has 1 fully saturated rings. The molecule has 0 aliphatic carbocycles. The molecule has 1 aliphatic rings. The summed E-state index contributed by atoms with van der Waals surface area (Å²) >= 11 is 0. The lowest BCUT2D eigenvalue weighted by Crippen LogP contribution is -2.39. The van der Waals surface area contributed by atoms with Crippen molar-refractivity contribution in [3.8, 4) is 0 Å². The third-order valence-corrected chi connectivity index (χ3v) is 4.58. The van der Waals surface area contributed by atoms with Gasteiger partial charge < -0.3 is 20.4 Å². The third kappa shape index (κ3) is 8.08. The second-order valence-electron chi connectivity index (χ2n) is 6.85. The van der Waals surface area contributed by atoms with E-state index in [0.717, 1.165) is 69.1 Å². The summed E-state index contributed by atoms with van der Waals surface area (Å²) < 4.78 is 0. The molecule has 0 bridgehead atoms. The lowest BCUT2D eigenvalue weighted by molar-refractivity contribution is 0.222. The summed E-state index contributed by atoms with van der Waals surface area (Å²) in [6, 6.07) is 7.91. The van der Waals surface area contributed by atoms with Gasteiger partial charge in [0.2, 0.25) is 0 Å². The Kier molecular flexibility index (Phi) is 11.6. The summed E-state index contributed by atoms with van der Waals surface area (Å²) in [7, 11) is 2.05. The number of carbonyl (C=O) groups is 1. The van der Waals surface area contributed by atoms with Gasteiger partial charge in [0.05, 0.1) is 6.54 Å². The van der Waals surface area contributed by atoms with Gasteiger partial charge >= 0.3 is 6.03 Å². The third-order valence-electron chi connectivity index (χ3n) is 4.58. The molecule has 2 N–H and O–H groups in total. The Labute approximate surface area is 186 Å². The number of hydrogen-bond acceptors (Lipinski definition) is 2. The van der Waals surface area contributed by atoms with Crippen LogP contribution in [0.2, 0.25) is 0 Å². The molecule has 1 heterocycles. The molecule has 6 nitrogen and oxygen atoms in total. The number of guanidine groups is 1. The van der Waals surface area contributed by atoms with Gasteiger partial charge in [0.1, 0.15) is 0 Å².